The van der Waals surface area contributed by atoms with Crippen LogP contribution in [-0.4, -0.2) is 16.3 Å². The van der Waals surface area contributed by atoms with Crippen molar-refractivity contribution in [3.63, 3.8) is 0 Å². The molecule has 6 heteroatoms. The Labute approximate surface area is 102 Å². The van der Waals surface area contributed by atoms with E-state index < -0.39 is 17.5 Å². The summed E-state index contributed by atoms with van der Waals surface area (Å²) in [7, 11) is 0. The van der Waals surface area contributed by atoms with E-state index in [0.717, 1.165) is 24.2 Å². The Kier molecular flexibility index (Phi) is 3.66. The number of halogens is 3. The largest absolute Gasteiger partial charge is 0.313 e. The van der Waals surface area contributed by atoms with E-state index >= 15 is 0 Å². The Morgan fingerprint density at radius 1 is 1.22 bits per heavy atom. The van der Waals surface area contributed by atoms with Crippen molar-refractivity contribution >= 4 is 0 Å². The van der Waals surface area contributed by atoms with Crippen molar-refractivity contribution in [3.05, 3.63) is 47.5 Å². The van der Waals surface area contributed by atoms with Crippen LogP contribution in [0.5, 0.6) is 0 Å². The molecule has 1 aromatic heterocycles. The minimum atomic E-state index is -1.47. The van der Waals surface area contributed by atoms with Crippen LogP contribution in [0.2, 0.25) is 0 Å². The fourth-order valence-electron chi connectivity index (χ4n) is 1.54. The number of hydrogen-bond donors (Lipinski definition) is 1. The lowest BCUT2D eigenvalue weighted by atomic mass is 10.3. The average Bonchev–Trinajstić information content (AvgIpc) is 2.81. The monoisotopic (exact) mass is 255 g/mol. The zero-order chi connectivity index (χ0) is 13.1. The summed E-state index contributed by atoms with van der Waals surface area (Å²) in [5, 5.41) is 7.07. The summed E-state index contributed by atoms with van der Waals surface area (Å²) in [6.07, 6.45) is 3.22. The third-order valence-electron chi connectivity index (χ3n) is 2.45. The minimum absolute atomic E-state index is 0.147. The Bertz CT molecular complexity index is 528. The summed E-state index contributed by atoms with van der Waals surface area (Å²) in [5.41, 5.74) is 1.02. The number of hydrogen-bond acceptors (Lipinski definition) is 2. The van der Waals surface area contributed by atoms with Crippen molar-refractivity contribution in [2.24, 2.45) is 0 Å². The predicted octanol–water partition coefficient (Wildman–Crippen LogP) is 2.40. The third kappa shape index (κ3) is 2.53. The SMILES string of the molecule is CCNCc1cnn(-c2cc(F)c(F)c(F)c2)c1. The Hall–Kier alpha value is -1.82. The topological polar surface area (TPSA) is 29.9 Å². The maximum absolute atomic E-state index is 13.1. The van der Waals surface area contributed by atoms with Crippen molar-refractivity contribution in [1.29, 1.82) is 0 Å². The van der Waals surface area contributed by atoms with E-state index in [1.54, 1.807) is 12.4 Å². The summed E-state index contributed by atoms with van der Waals surface area (Å²) < 4.78 is 40.2. The highest BCUT2D eigenvalue weighted by Crippen LogP contribution is 2.16. The fraction of sp³-hybridized carbons (Fsp3) is 0.250. The first kappa shape index (κ1) is 12.6. The van der Waals surface area contributed by atoms with E-state index in [1.807, 2.05) is 6.92 Å². The van der Waals surface area contributed by atoms with Gasteiger partial charge in [-0.2, -0.15) is 5.10 Å². The lowest BCUT2D eigenvalue weighted by molar-refractivity contribution is 0.446. The molecule has 96 valence electrons. The molecule has 0 amide bonds. The molecule has 1 heterocycles. The van der Waals surface area contributed by atoms with Crippen LogP contribution >= 0.6 is 0 Å². The van der Waals surface area contributed by atoms with Crippen LogP contribution in [0, 0.1) is 17.5 Å². The molecule has 0 saturated heterocycles. The van der Waals surface area contributed by atoms with Gasteiger partial charge in [-0.15, -0.1) is 0 Å². The zero-order valence-electron chi connectivity index (χ0n) is 9.75. The number of aromatic nitrogens is 2. The predicted molar refractivity (Wildman–Crippen MR) is 60.8 cm³/mol. The second kappa shape index (κ2) is 5.22. The number of rotatable bonds is 4. The molecule has 2 aromatic rings. The Morgan fingerprint density at radius 3 is 2.50 bits per heavy atom. The van der Waals surface area contributed by atoms with Crippen LogP contribution in [0.25, 0.3) is 5.69 Å². The molecule has 1 N–H and O–H groups in total. The zero-order valence-corrected chi connectivity index (χ0v) is 9.75. The molecule has 0 fully saturated rings. The molecule has 3 nitrogen and oxygen atoms in total. The summed E-state index contributed by atoms with van der Waals surface area (Å²) in [4.78, 5) is 0. The molecule has 0 saturated carbocycles. The normalized spacial score (nSPS) is 10.9. The standard InChI is InChI=1S/C12H12F3N3/c1-2-16-5-8-6-17-18(7-8)9-3-10(13)12(15)11(14)4-9/h3-4,6-7,16H,2,5H2,1H3. The van der Waals surface area contributed by atoms with Crippen LogP contribution < -0.4 is 5.32 Å². The van der Waals surface area contributed by atoms with Crippen LogP contribution in [-0.2, 0) is 6.54 Å². The van der Waals surface area contributed by atoms with Crippen molar-refractivity contribution in [2.75, 3.05) is 6.54 Å². The lowest BCUT2D eigenvalue weighted by Gasteiger charge is -2.03. The van der Waals surface area contributed by atoms with Gasteiger partial charge >= 0.3 is 0 Å². The van der Waals surface area contributed by atoms with E-state index in [1.165, 1.54) is 4.68 Å². The van der Waals surface area contributed by atoms with Gasteiger partial charge in [-0.05, 0) is 6.54 Å². The molecule has 0 bridgehead atoms. The smallest absolute Gasteiger partial charge is 0.194 e. The summed E-state index contributed by atoms with van der Waals surface area (Å²) in [5.74, 6) is -3.93. The number of benzene rings is 1. The molecular formula is C12H12F3N3. The maximum atomic E-state index is 13.1. The summed E-state index contributed by atoms with van der Waals surface area (Å²) in [6.45, 7) is 3.39. The average molecular weight is 255 g/mol. The van der Waals surface area contributed by atoms with Gasteiger partial charge in [-0.3, -0.25) is 0 Å². The van der Waals surface area contributed by atoms with Gasteiger partial charge in [-0.1, -0.05) is 6.92 Å². The van der Waals surface area contributed by atoms with E-state index in [-0.39, 0.29) is 5.69 Å². The van der Waals surface area contributed by atoms with E-state index in [4.69, 9.17) is 0 Å². The van der Waals surface area contributed by atoms with Crippen molar-refractivity contribution in [2.45, 2.75) is 13.5 Å². The minimum Gasteiger partial charge on any atom is -0.313 e. The first-order chi connectivity index (χ1) is 8.61. The first-order valence-electron chi connectivity index (χ1n) is 5.51. The van der Waals surface area contributed by atoms with E-state index in [2.05, 4.69) is 10.4 Å². The molecule has 0 unspecified atom stereocenters. The highest BCUT2D eigenvalue weighted by atomic mass is 19.2. The highest BCUT2D eigenvalue weighted by Gasteiger charge is 2.12. The Balaban J connectivity index is 2.28. The first-order valence-corrected chi connectivity index (χ1v) is 5.51. The third-order valence-corrected chi connectivity index (χ3v) is 2.45. The van der Waals surface area contributed by atoms with Gasteiger partial charge in [0.1, 0.15) is 0 Å². The lowest BCUT2D eigenvalue weighted by Crippen LogP contribution is -2.10. The molecule has 18 heavy (non-hydrogen) atoms. The van der Waals surface area contributed by atoms with Gasteiger partial charge < -0.3 is 5.32 Å². The second-order valence-corrected chi connectivity index (χ2v) is 3.80. The number of nitrogens with one attached hydrogen (secondary N) is 1. The summed E-state index contributed by atoms with van der Waals surface area (Å²) in [6, 6.07) is 1.81. The van der Waals surface area contributed by atoms with E-state index in [0.29, 0.717) is 6.54 Å². The van der Waals surface area contributed by atoms with Crippen LogP contribution in [0.1, 0.15) is 12.5 Å². The highest BCUT2D eigenvalue weighted by molar-refractivity contribution is 5.33. The van der Waals surface area contributed by atoms with Crippen molar-refractivity contribution in [3.8, 4) is 5.69 Å². The van der Waals surface area contributed by atoms with Gasteiger partial charge in [-0.25, -0.2) is 17.9 Å². The van der Waals surface area contributed by atoms with E-state index in [9.17, 15) is 13.2 Å². The molecule has 0 radical (unpaired) electrons. The molecule has 0 aliphatic heterocycles. The van der Waals surface area contributed by atoms with Gasteiger partial charge in [0, 0.05) is 30.4 Å². The molecule has 1 aromatic carbocycles. The van der Waals surface area contributed by atoms with Gasteiger partial charge in [0.15, 0.2) is 17.5 Å². The van der Waals surface area contributed by atoms with Crippen LogP contribution in [0.15, 0.2) is 24.5 Å². The molecule has 0 aliphatic carbocycles. The molecule has 0 aliphatic rings. The number of nitrogens with zero attached hydrogens (tertiary/aromatic N) is 2. The van der Waals surface area contributed by atoms with Crippen molar-refractivity contribution in [1.82, 2.24) is 15.1 Å². The fourth-order valence-corrected chi connectivity index (χ4v) is 1.54. The van der Waals surface area contributed by atoms with Gasteiger partial charge in [0.2, 0.25) is 0 Å². The maximum Gasteiger partial charge on any atom is 0.194 e. The summed E-state index contributed by atoms with van der Waals surface area (Å²) >= 11 is 0. The van der Waals surface area contributed by atoms with Crippen LogP contribution in [0.3, 0.4) is 0 Å². The molecule has 0 atom stereocenters. The molecule has 2 rings (SSSR count). The van der Waals surface area contributed by atoms with Crippen molar-refractivity contribution < 1.29 is 13.2 Å². The quantitative estimate of drug-likeness (QED) is 0.850. The van der Waals surface area contributed by atoms with Gasteiger partial charge in [0.25, 0.3) is 0 Å². The van der Waals surface area contributed by atoms with Crippen LogP contribution in [0.4, 0.5) is 13.2 Å². The van der Waals surface area contributed by atoms with Gasteiger partial charge in [0.05, 0.1) is 11.9 Å². The molecular weight excluding hydrogens is 243 g/mol. The molecule has 0 spiro atoms. The Morgan fingerprint density at radius 2 is 1.89 bits per heavy atom. The second-order valence-electron chi connectivity index (χ2n) is 3.80.